The maximum absolute atomic E-state index is 13.9. The molecule has 194 valence electrons. The fourth-order valence-electron chi connectivity index (χ4n) is 5.42. The van der Waals surface area contributed by atoms with Gasteiger partial charge < -0.3 is 4.90 Å². The highest BCUT2D eigenvalue weighted by atomic mass is 16.2. The van der Waals surface area contributed by atoms with E-state index in [-0.39, 0.29) is 17.1 Å². The Bertz CT molecular complexity index is 1600. The molecule has 0 aliphatic carbocycles. The minimum Gasteiger partial charge on any atom is -0.302 e. The Balaban J connectivity index is 1.73. The number of Topliss-reactive ketones (excluding diaryl/α,β-unsaturated/α-hetero) is 1. The van der Waals surface area contributed by atoms with Gasteiger partial charge in [0.05, 0.1) is 17.9 Å². The number of carbonyl (C=O) groups excluding carboxylic acids is 2. The Morgan fingerprint density at radius 1 is 0.868 bits per heavy atom. The largest absolute Gasteiger partial charge is 0.302 e. The average Bonchev–Trinajstić information content (AvgIpc) is 3.35. The van der Waals surface area contributed by atoms with Gasteiger partial charge in [0.2, 0.25) is 0 Å². The van der Waals surface area contributed by atoms with E-state index in [9.17, 15) is 9.59 Å². The predicted octanol–water partition coefficient (Wildman–Crippen LogP) is 7.43. The summed E-state index contributed by atoms with van der Waals surface area (Å²) in [6.45, 7) is 16.8. The van der Waals surface area contributed by atoms with Crippen molar-refractivity contribution >= 4 is 17.4 Å². The third-order valence-corrected chi connectivity index (χ3v) is 7.65. The van der Waals surface area contributed by atoms with Crippen molar-refractivity contribution in [3.05, 3.63) is 99.2 Å². The van der Waals surface area contributed by atoms with Crippen LogP contribution in [0.3, 0.4) is 0 Å². The van der Waals surface area contributed by atoms with Crippen LogP contribution in [0.25, 0.3) is 16.9 Å². The summed E-state index contributed by atoms with van der Waals surface area (Å²) in [6.07, 6.45) is 0. The second-order valence-corrected chi connectivity index (χ2v) is 11.6. The third-order valence-electron chi connectivity index (χ3n) is 7.65. The van der Waals surface area contributed by atoms with E-state index in [4.69, 9.17) is 5.10 Å². The van der Waals surface area contributed by atoms with Crippen LogP contribution in [-0.4, -0.2) is 21.5 Å². The molecule has 2 heterocycles. The minimum atomic E-state index is -0.0848. The zero-order chi connectivity index (χ0) is 27.5. The topological polar surface area (TPSA) is 55.2 Å². The van der Waals surface area contributed by atoms with Crippen LogP contribution in [0.15, 0.2) is 54.6 Å². The van der Waals surface area contributed by atoms with E-state index < -0.39 is 0 Å². The number of benzene rings is 3. The van der Waals surface area contributed by atoms with E-state index in [1.807, 2.05) is 47.7 Å². The normalized spacial score (nSPS) is 13.3. The molecule has 1 amide bonds. The minimum absolute atomic E-state index is 0.0300. The van der Waals surface area contributed by atoms with Gasteiger partial charge in [-0.1, -0.05) is 63.2 Å². The van der Waals surface area contributed by atoms with E-state index in [1.54, 1.807) is 6.92 Å². The van der Waals surface area contributed by atoms with Gasteiger partial charge in [-0.25, -0.2) is 4.68 Å². The van der Waals surface area contributed by atoms with Crippen LogP contribution in [0.2, 0.25) is 0 Å². The maximum atomic E-state index is 13.9. The number of nitrogens with zero attached hydrogens (tertiary/aromatic N) is 3. The Morgan fingerprint density at radius 2 is 1.55 bits per heavy atom. The Labute approximate surface area is 225 Å². The molecule has 5 heteroatoms. The maximum Gasteiger partial charge on any atom is 0.279 e. The number of fused-ring (bicyclic) bond motifs is 1. The van der Waals surface area contributed by atoms with Crippen molar-refractivity contribution in [1.82, 2.24) is 9.78 Å². The second kappa shape index (κ2) is 9.09. The van der Waals surface area contributed by atoms with Crippen LogP contribution in [0.4, 0.5) is 5.69 Å². The molecule has 5 nitrogen and oxygen atoms in total. The molecular weight excluding hydrogens is 470 g/mol. The van der Waals surface area contributed by atoms with Crippen LogP contribution in [0.1, 0.15) is 81.9 Å². The lowest BCUT2D eigenvalue weighted by molar-refractivity contribution is 0.0988. The summed E-state index contributed by atoms with van der Waals surface area (Å²) in [4.78, 5) is 27.9. The first-order valence-electron chi connectivity index (χ1n) is 13.1. The molecule has 4 aromatic rings. The summed E-state index contributed by atoms with van der Waals surface area (Å²) >= 11 is 0. The third kappa shape index (κ3) is 4.16. The van der Waals surface area contributed by atoms with E-state index >= 15 is 0 Å². The molecule has 3 aromatic carbocycles. The Hall–Kier alpha value is -3.99. The molecule has 0 spiro atoms. The van der Waals surface area contributed by atoms with Crippen molar-refractivity contribution < 1.29 is 9.59 Å². The second-order valence-electron chi connectivity index (χ2n) is 11.6. The molecule has 0 atom stereocenters. The molecule has 0 bridgehead atoms. The summed E-state index contributed by atoms with van der Waals surface area (Å²) in [7, 11) is 0. The highest BCUT2D eigenvalue weighted by Crippen LogP contribution is 2.40. The quantitative estimate of drug-likeness (QED) is 0.271. The van der Waals surface area contributed by atoms with Gasteiger partial charge in [0, 0.05) is 22.4 Å². The standard InChI is InChI=1S/C33H35N3O2/c1-19-12-14-25(33(6,7)8)17-28(19)35-18-27-29(32(35)38)34-36(30-20(2)10-9-11-21(30)3)31(27)26-15-13-24(23(5)37)16-22(26)4/h9-17H,18H2,1-8H3. The van der Waals surface area contributed by atoms with E-state index in [0.29, 0.717) is 17.8 Å². The van der Waals surface area contributed by atoms with Crippen molar-refractivity contribution in [2.45, 2.75) is 67.3 Å². The van der Waals surface area contributed by atoms with Gasteiger partial charge in [-0.2, -0.15) is 5.10 Å². The number of hydrogen-bond donors (Lipinski definition) is 0. The van der Waals surface area contributed by atoms with E-state index in [1.165, 1.54) is 5.56 Å². The number of ketones is 1. The van der Waals surface area contributed by atoms with Gasteiger partial charge in [-0.3, -0.25) is 9.59 Å². The number of anilines is 1. The highest BCUT2D eigenvalue weighted by molar-refractivity contribution is 6.10. The molecule has 0 fully saturated rings. The van der Waals surface area contributed by atoms with Crippen LogP contribution in [0, 0.1) is 27.7 Å². The smallest absolute Gasteiger partial charge is 0.279 e. The van der Waals surface area contributed by atoms with Gasteiger partial charge in [0.15, 0.2) is 11.5 Å². The molecule has 38 heavy (non-hydrogen) atoms. The van der Waals surface area contributed by atoms with Crippen molar-refractivity contribution in [3.8, 4) is 16.9 Å². The summed E-state index contributed by atoms with van der Waals surface area (Å²) in [5.74, 6) is -0.0536. The molecule has 0 N–H and O–H groups in total. The highest BCUT2D eigenvalue weighted by Gasteiger charge is 2.37. The number of hydrogen-bond acceptors (Lipinski definition) is 3. The Morgan fingerprint density at radius 3 is 2.16 bits per heavy atom. The fourth-order valence-corrected chi connectivity index (χ4v) is 5.42. The summed E-state index contributed by atoms with van der Waals surface area (Å²) in [5, 5.41) is 4.97. The first-order valence-corrected chi connectivity index (χ1v) is 13.1. The molecule has 1 aliphatic heterocycles. The number of para-hydroxylation sites is 1. The average molecular weight is 506 g/mol. The van der Waals surface area contributed by atoms with Gasteiger partial charge in [0.1, 0.15) is 0 Å². The molecule has 5 rings (SSSR count). The van der Waals surface area contributed by atoms with Gasteiger partial charge in [0.25, 0.3) is 5.91 Å². The van der Waals surface area contributed by atoms with Gasteiger partial charge >= 0.3 is 0 Å². The first kappa shape index (κ1) is 25.7. The zero-order valence-electron chi connectivity index (χ0n) is 23.6. The molecule has 0 radical (unpaired) electrons. The monoisotopic (exact) mass is 505 g/mol. The lowest BCUT2D eigenvalue weighted by Crippen LogP contribution is -2.26. The number of rotatable bonds is 4. The van der Waals surface area contributed by atoms with Gasteiger partial charge in [-0.05, 0) is 80.0 Å². The lowest BCUT2D eigenvalue weighted by atomic mass is 9.86. The van der Waals surface area contributed by atoms with E-state index in [2.05, 4.69) is 65.0 Å². The number of aromatic nitrogens is 2. The molecule has 0 unspecified atom stereocenters. The van der Waals surface area contributed by atoms with Gasteiger partial charge in [-0.15, -0.1) is 0 Å². The summed E-state index contributed by atoms with van der Waals surface area (Å²) in [5.41, 5.74) is 11.2. The SMILES string of the molecule is CC(=O)c1ccc(-c2c3c(nn2-c2c(C)cccc2C)C(=O)N(c2cc(C(C)(C)C)ccc2C)C3)c(C)c1. The van der Waals surface area contributed by atoms with Crippen molar-refractivity contribution in [3.63, 3.8) is 0 Å². The first-order chi connectivity index (χ1) is 17.9. The van der Waals surface area contributed by atoms with Crippen LogP contribution in [0.5, 0.6) is 0 Å². The molecule has 0 saturated carbocycles. The zero-order valence-corrected chi connectivity index (χ0v) is 23.6. The molecule has 1 aromatic heterocycles. The van der Waals surface area contributed by atoms with E-state index in [0.717, 1.165) is 50.4 Å². The fraction of sp³-hybridized carbons (Fsp3) is 0.303. The van der Waals surface area contributed by atoms with Crippen LogP contribution >= 0.6 is 0 Å². The number of aryl methyl sites for hydroxylation is 4. The molecule has 0 saturated heterocycles. The summed E-state index contributed by atoms with van der Waals surface area (Å²) in [6, 6.07) is 18.3. The predicted molar refractivity (Wildman–Crippen MR) is 154 cm³/mol. The Kier molecular flexibility index (Phi) is 6.13. The van der Waals surface area contributed by atoms with Crippen LogP contribution in [-0.2, 0) is 12.0 Å². The number of carbonyl (C=O) groups is 2. The lowest BCUT2D eigenvalue weighted by Gasteiger charge is -2.25. The summed E-state index contributed by atoms with van der Waals surface area (Å²) < 4.78 is 1.94. The van der Waals surface area contributed by atoms with Crippen molar-refractivity contribution in [2.75, 3.05) is 4.90 Å². The number of amides is 1. The van der Waals surface area contributed by atoms with Crippen molar-refractivity contribution in [1.29, 1.82) is 0 Å². The molecule has 1 aliphatic rings. The van der Waals surface area contributed by atoms with Crippen LogP contribution < -0.4 is 4.90 Å². The molecular formula is C33H35N3O2. The van der Waals surface area contributed by atoms with Crippen molar-refractivity contribution in [2.24, 2.45) is 0 Å².